The van der Waals surface area contributed by atoms with Crippen molar-refractivity contribution in [3.8, 4) is 0 Å². The molecule has 0 aliphatic carbocycles. The lowest BCUT2D eigenvalue weighted by Crippen LogP contribution is -2.49. The largest absolute Gasteiger partial charge is 0.484 e. The molecule has 2 aliphatic rings. The lowest BCUT2D eigenvalue weighted by Gasteiger charge is -2.40. The molecule has 0 amide bonds. The van der Waals surface area contributed by atoms with E-state index in [0.29, 0.717) is 0 Å². The number of hydrogen-bond donors (Lipinski definition) is 1. The third kappa shape index (κ3) is 1.87. The minimum Gasteiger partial charge on any atom is -0.484 e. The van der Waals surface area contributed by atoms with Crippen LogP contribution in [0.1, 0.15) is 11.5 Å². The van der Waals surface area contributed by atoms with Gasteiger partial charge in [-0.05, 0) is 17.7 Å². The van der Waals surface area contributed by atoms with Crippen LogP contribution in [0.5, 0.6) is 0 Å². The Morgan fingerprint density at radius 1 is 1.05 bits per heavy atom. The summed E-state index contributed by atoms with van der Waals surface area (Å²) in [6, 6.07) is 19.0. The van der Waals surface area contributed by atoms with Gasteiger partial charge < -0.3 is 15.0 Å². The van der Waals surface area contributed by atoms with Crippen LogP contribution in [0, 0.1) is 0 Å². The normalized spacial score (nSPS) is 25.8. The third-order valence-corrected chi connectivity index (χ3v) is 4.60. The quantitative estimate of drug-likeness (QED) is 0.878. The summed E-state index contributed by atoms with van der Waals surface area (Å²) >= 11 is 0. The first-order chi connectivity index (χ1) is 10.8. The van der Waals surface area contributed by atoms with Crippen LogP contribution >= 0.6 is 0 Å². The van der Waals surface area contributed by atoms with E-state index in [1.54, 1.807) is 7.11 Å². The Morgan fingerprint density at radius 2 is 1.77 bits per heavy atom. The Labute approximate surface area is 130 Å². The number of rotatable bonds is 1. The number of hydrogen-bond acceptors (Lipinski definition) is 4. The zero-order valence-electron chi connectivity index (χ0n) is 12.7. The van der Waals surface area contributed by atoms with Crippen molar-refractivity contribution >= 4 is 17.3 Å². The summed E-state index contributed by atoms with van der Waals surface area (Å²) in [7, 11) is 3.85. The van der Waals surface area contributed by atoms with Gasteiger partial charge in [0.05, 0.1) is 30.4 Å². The first kappa shape index (κ1) is 13.2. The molecule has 0 aromatic heterocycles. The number of methoxy groups -OCH3 is 1. The molecule has 22 heavy (non-hydrogen) atoms. The van der Waals surface area contributed by atoms with Crippen molar-refractivity contribution in [2.75, 3.05) is 24.4 Å². The minimum absolute atomic E-state index is 0.0139. The lowest BCUT2D eigenvalue weighted by atomic mass is 9.89. The molecule has 0 bridgehead atoms. The SMILES string of the molecule is COC1=N[C@@H]2Nc3ccccc3N(C)[C@H]2[C@@H]1c1ccccc1. The van der Waals surface area contributed by atoms with E-state index in [-0.39, 0.29) is 18.1 Å². The number of fused-ring (bicyclic) bond motifs is 2. The zero-order chi connectivity index (χ0) is 15.1. The molecule has 2 aromatic rings. The number of para-hydroxylation sites is 2. The van der Waals surface area contributed by atoms with Crippen LogP contribution < -0.4 is 10.2 Å². The molecule has 3 atom stereocenters. The molecule has 2 aromatic carbocycles. The molecule has 2 heterocycles. The molecule has 0 unspecified atom stereocenters. The second kappa shape index (κ2) is 5.05. The van der Waals surface area contributed by atoms with E-state index < -0.39 is 0 Å². The standard InChI is InChI=1S/C18H19N3O/c1-21-14-11-7-6-10-13(14)19-17-16(21)15(18(20-17)22-2)12-8-4-3-5-9-12/h3-11,15-17,19H,1-2H3/t15-,16-,17-/m0/s1. The molecule has 0 spiro atoms. The van der Waals surface area contributed by atoms with Crippen molar-refractivity contribution in [3.63, 3.8) is 0 Å². The van der Waals surface area contributed by atoms with Crippen LogP contribution in [0.15, 0.2) is 59.6 Å². The number of aliphatic imine (C=N–C) groups is 1. The van der Waals surface area contributed by atoms with Crippen molar-refractivity contribution in [2.45, 2.75) is 18.1 Å². The van der Waals surface area contributed by atoms with Crippen LogP contribution in [-0.2, 0) is 4.74 Å². The Balaban J connectivity index is 1.79. The molecule has 0 fully saturated rings. The average molecular weight is 293 g/mol. The summed E-state index contributed by atoms with van der Waals surface area (Å²) in [4.78, 5) is 7.10. The van der Waals surface area contributed by atoms with E-state index in [2.05, 4.69) is 59.7 Å². The van der Waals surface area contributed by atoms with Gasteiger partial charge in [-0.2, -0.15) is 0 Å². The molecule has 0 saturated carbocycles. The second-order valence-electron chi connectivity index (χ2n) is 5.77. The topological polar surface area (TPSA) is 36.9 Å². The summed E-state index contributed by atoms with van der Waals surface area (Å²) < 4.78 is 5.60. The molecule has 1 N–H and O–H groups in total. The van der Waals surface area contributed by atoms with Gasteiger partial charge >= 0.3 is 0 Å². The van der Waals surface area contributed by atoms with E-state index in [4.69, 9.17) is 9.73 Å². The van der Waals surface area contributed by atoms with Gasteiger partial charge in [-0.3, -0.25) is 0 Å². The van der Waals surface area contributed by atoms with Crippen molar-refractivity contribution in [3.05, 3.63) is 60.2 Å². The maximum absolute atomic E-state index is 5.60. The Bertz CT molecular complexity index is 713. The maximum atomic E-state index is 5.60. The van der Waals surface area contributed by atoms with Gasteiger partial charge in [0, 0.05) is 7.05 Å². The molecular formula is C18H19N3O. The molecule has 112 valence electrons. The molecule has 4 heteroatoms. The fraction of sp³-hybridized carbons (Fsp3) is 0.278. The molecular weight excluding hydrogens is 274 g/mol. The van der Waals surface area contributed by atoms with Gasteiger partial charge in [-0.1, -0.05) is 42.5 Å². The van der Waals surface area contributed by atoms with Gasteiger partial charge in [-0.25, -0.2) is 4.99 Å². The minimum atomic E-state index is 0.0139. The highest BCUT2D eigenvalue weighted by atomic mass is 16.5. The van der Waals surface area contributed by atoms with E-state index >= 15 is 0 Å². The van der Waals surface area contributed by atoms with Crippen molar-refractivity contribution < 1.29 is 4.74 Å². The summed E-state index contributed by atoms with van der Waals surface area (Å²) in [5.41, 5.74) is 3.57. The maximum Gasteiger partial charge on any atom is 0.195 e. The zero-order valence-corrected chi connectivity index (χ0v) is 12.7. The predicted molar refractivity (Wildman–Crippen MR) is 89.7 cm³/mol. The van der Waals surface area contributed by atoms with Gasteiger partial charge in [-0.15, -0.1) is 0 Å². The molecule has 0 radical (unpaired) electrons. The van der Waals surface area contributed by atoms with Crippen molar-refractivity contribution in [2.24, 2.45) is 4.99 Å². The molecule has 0 saturated heterocycles. The van der Waals surface area contributed by atoms with Crippen LogP contribution in [0.3, 0.4) is 0 Å². The third-order valence-electron chi connectivity index (χ3n) is 4.60. The summed E-state index contributed by atoms with van der Waals surface area (Å²) in [6.07, 6.45) is 0.0139. The first-order valence-electron chi connectivity index (χ1n) is 7.54. The van der Waals surface area contributed by atoms with Crippen molar-refractivity contribution in [1.82, 2.24) is 0 Å². The highest BCUT2D eigenvalue weighted by molar-refractivity contribution is 5.90. The van der Waals surface area contributed by atoms with Crippen LogP contribution in [0.2, 0.25) is 0 Å². The van der Waals surface area contributed by atoms with Gasteiger partial charge in [0.2, 0.25) is 0 Å². The number of likely N-dealkylation sites (N-methyl/N-ethyl adjacent to an activating group) is 1. The highest BCUT2D eigenvalue weighted by Gasteiger charge is 2.46. The second-order valence-corrected chi connectivity index (χ2v) is 5.77. The summed E-state index contributed by atoms with van der Waals surface area (Å²) in [6.45, 7) is 0. The van der Waals surface area contributed by atoms with Gasteiger partial charge in [0.25, 0.3) is 0 Å². The van der Waals surface area contributed by atoms with Gasteiger partial charge in [0.1, 0.15) is 6.17 Å². The van der Waals surface area contributed by atoms with Crippen LogP contribution in [-0.4, -0.2) is 32.3 Å². The van der Waals surface area contributed by atoms with E-state index in [0.717, 1.165) is 11.6 Å². The smallest absolute Gasteiger partial charge is 0.195 e. The number of ether oxygens (including phenoxy) is 1. The molecule has 4 nitrogen and oxygen atoms in total. The Morgan fingerprint density at radius 3 is 2.55 bits per heavy atom. The summed E-state index contributed by atoms with van der Waals surface area (Å²) in [5.74, 6) is 0.940. The molecule has 4 rings (SSSR count). The number of benzene rings is 2. The lowest BCUT2D eigenvalue weighted by molar-refractivity contribution is 0.383. The van der Waals surface area contributed by atoms with Gasteiger partial charge in [0.15, 0.2) is 5.90 Å². The van der Waals surface area contributed by atoms with Crippen LogP contribution in [0.4, 0.5) is 11.4 Å². The van der Waals surface area contributed by atoms with Crippen molar-refractivity contribution in [1.29, 1.82) is 0 Å². The number of nitrogens with zero attached hydrogens (tertiary/aromatic N) is 2. The predicted octanol–water partition coefficient (Wildman–Crippen LogP) is 3.09. The average Bonchev–Trinajstić information content (AvgIpc) is 2.94. The van der Waals surface area contributed by atoms with Crippen LogP contribution in [0.25, 0.3) is 0 Å². The Hall–Kier alpha value is -2.49. The molecule has 2 aliphatic heterocycles. The first-order valence-corrected chi connectivity index (χ1v) is 7.54. The fourth-order valence-electron chi connectivity index (χ4n) is 3.58. The van der Waals surface area contributed by atoms with E-state index in [1.165, 1.54) is 11.3 Å². The number of nitrogens with one attached hydrogen (secondary N) is 1. The fourth-order valence-corrected chi connectivity index (χ4v) is 3.58. The number of anilines is 2. The highest BCUT2D eigenvalue weighted by Crippen LogP contribution is 2.42. The Kier molecular flexibility index (Phi) is 3.03. The summed E-state index contributed by atoms with van der Waals surface area (Å²) in [5, 5.41) is 3.54. The van der Waals surface area contributed by atoms with E-state index in [1.807, 2.05) is 12.1 Å². The monoisotopic (exact) mass is 293 g/mol. The van der Waals surface area contributed by atoms with E-state index in [9.17, 15) is 0 Å².